The second-order valence-corrected chi connectivity index (χ2v) is 7.05. The van der Waals surface area contributed by atoms with Gasteiger partial charge in [0, 0.05) is 50.8 Å². The molecule has 2 aromatic rings. The second kappa shape index (κ2) is 7.53. The minimum Gasteiger partial charge on any atom is -0.383 e. The van der Waals surface area contributed by atoms with Crippen LogP contribution in [0.2, 0.25) is 0 Å². The molecule has 6 nitrogen and oxygen atoms in total. The zero-order valence-corrected chi connectivity index (χ0v) is 14.8. The smallest absolute Gasteiger partial charge is 0.0949 e. The molecule has 0 radical (unpaired) electrons. The van der Waals surface area contributed by atoms with E-state index in [4.69, 9.17) is 9.47 Å². The van der Waals surface area contributed by atoms with Gasteiger partial charge in [0.25, 0.3) is 0 Å². The molecule has 1 unspecified atom stereocenters. The van der Waals surface area contributed by atoms with Crippen LogP contribution in [-0.2, 0) is 29.7 Å². The van der Waals surface area contributed by atoms with Crippen molar-refractivity contribution in [2.24, 2.45) is 7.05 Å². The highest BCUT2D eigenvalue weighted by atomic mass is 32.1. The molecule has 0 fully saturated rings. The van der Waals surface area contributed by atoms with Crippen molar-refractivity contribution in [1.82, 2.24) is 19.4 Å². The summed E-state index contributed by atoms with van der Waals surface area (Å²) in [7, 11) is 3.81. The number of methoxy groups -OCH3 is 1. The van der Waals surface area contributed by atoms with Gasteiger partial charge in [-0.2, -0.15) is 0 Å². The number of hydrogen-bond donors (Lipinski definition) is 0. The summed E-state index contributed by atoms with van der Waals surface area (Å²) in [5.41, 5.74) is 3.48. The predicted molar refractivity (Wildman–Crippen MR) is 89.6 cm³/mol. The van der Waals surface area contributed by atoms with E-state index in [0.717, 1.165) is 42.6 Å². The number of rotatable bonds is 7. The summed E-state index contributed by atoms with van der Waals surface area (Å²) in [6.07, 6.45) is 1.90. The summed E-state index contributed by atoms with van der Waals surface area (Å²) >= 11 is 1.66. The second-order valence-electron chi connectivity index (χ2n) is 5.99. The first-order chi connectivity index (χ1) is 11.2. The van der Waals surface area contributed by atoms with Crippen molar-refractivity contribution in [3.05, 3.63) is 33.8 Å². The number of fused-ring (bicyclic) bond motifs is 1. The molecule has 0 aliphatic carbocycles. The third kappa shape index (κ3) is 3.98. The zero-order chi connectivity index (χ0) is 16.2. The van der Waals surface area contributed by atoms with Crippen LogP contribution >= 0.6 is 11.3 Å². The first kappa shape index (κ1) is 16.6. The lowest BCUT2D eigenvalue weighted by molar-refractivity contribution is 0.0743. The van der Waals surface area contributed by atoms with Crippen molar-refractivity contribution in [1.29, 1.82) is 0 Å². The highest BCUT2D eigenvalue weighted by molar-refractivity contribution is 7.09. The molecule has 0 spiro atoms. The normalized spacial score (nSPS) is 18.3. The van der Waals surface area contributed by atoms with E-state index in [-0.39, 0.29) is 0 Å². The number of imidazole rings is 1. The number of aryl methyl sites for hydroxylation is 2. The van der Waals surface area contributed by atoms with Crippen LogP contribution in [0.25, 0.3) is 0 Å². The number of aromatic nitrogens is 3. The summed E-state index contributed by atoms with van der Waals surface area (Å²) in [4.78, 5) is 11.4. The molecule has 0 amide bonds. The van der Waals surface area contributed by atoms with Crippen molar-refractivity contribution in [3.63, 3.8) is 0 Å². The fraction of sp³-hybridized carbons (Fsp3) is 0.625. The van der Waals surface area contributed by atoms with Gasteiger partial charge in [-0.25, -0.2) is 9.97 Å². The van der Waals surface area contributed by atoms with Gasteiger partial charge < -0.3 is 14.0 Å². The molecule has 0 aromatic carbocycles. The largest absolute Gasteiger partial charge is 0.383 e. The third-order valence-electron chi connectivity index (χ3n) is 4.15. The Bertz CT molecular complexity index is 640. The van der Waals surface area contributed by atoms with Crippen LogP contribution in [0.5, 0.6) is 0 Å². The molecule has 0 bridgehead atoms. The molecule has 0 saturated carbocycles. The summed E-state index contributed by atoms with van der Waals surface area (Å²) in [5, 5.41) is 3.15. The monoisotopic (exact) mass is 336 g/mol. The van der Waals surface area contributed by atoms with Crippen molar-refractivity contribution in [2.45, 2.75) is 26.0 Å². The van der Waals surface area contributed by atoms with Crippen LogP contribution in [0.1, 0.15) is 28.0 Å². The van der Waals surface area contributed by atoms with E-state index in [9.17, 15) is 0 Å². The van der Waals surface area contributed by atoms with Crippen molar-refractivity contribution in [3.8, 4) is 0 Å². The van der Waals surface area contributed by atoms with Crippen LogP contribution < -0.4 is 0 Å². The lowest BCUT2D eigenvalue weighted by atomic mass is 9.99. The van der Waals surface area contributed by atoms with E-state index in [0.29, 0.717) is 19.1 Å². The number of hydrogen-bond acceptors (Lipinski definition) is 6. The van der Waals surface area contributed by atoms with Gasteiger partial charge in [-0.05, 0) is 6.92 Å². The Kier molecular flexibility index (Phi) is 5.42. The Morgan fingerprint density at radius 3 is 3.04 bits per heavy atom. The predicted octanol–water partition coefficient (Wildman–Crippen LogP) is 1.95. The maximum Gasteiger partial charge on any atom is 0.0949 e. The fourth-order valence-corrected chi connectivity index (χ4v) is 3.71. The summed E-state index contributed by atoms with van der Waals surface area (Å²) in [6.45, 7) is 6.82. The molecular weight excluding hydrogens is 312 g/mol. The molecule has 3 rings (SSSR count). The van der Waals surface area contributed by atoms with Gasteiger partial charge in [-0.1, -0.05) is 0 Å². The van der Waals surface area contributed by atoms with Crippen molar-refractivity contribution in [2.75, 3.05) is 33.4 Å². The van der Waals surface area contributed by atoms with E-state index in [1.165, 1.54) is 5.69 Å². The van der Waals surface area contributed by atoms with E-state index in [2.05, 4.69) is 31.9 Å². The molecule has 1 aliphatic rings. The minimum absolute atomic E-state index is 0.336. The quantitative estimate of drug-likeness (QED) is 0.773. The van der Waals surface area contributed by atoms with Gasteiger partial charge in [-0.3, -0.25) is 4.90 Å². The molecular formula is C16H24N4O2S. The molecule has 126 valence electrons. The highest BCUT2D eigenvalue weighted by Crippen LogP contribution is 2.27. The molecule has 0 N–H and O–H groups in total. The summed E-state index contributed by atoms with van der Waals surface area (Å²) in [5.74, 6) is 0.336. The van der Waals surface area contributed by atoms with E-state index >= 15 is 0 Å². The van der Waals surface area contributed by atoms with Crippen LogP contribution in [0.4, 0.5) is 0 Å². The van der Waals surface area contributed by atoms with Crippen LogP contribution in [-0.4, -0.2) is 52.8 Å². The van der Waals surface area contributed by atoms with Gasteiger partial charge >= 0.3 is 0 Å². The molecule has 1 atom stereocenters. The summed E-state index contributed by atoms with van der Waals surface area (Å²) in [6, 6.07) is 0. The third-order valence-corrected chi connectivity index (χ3v) is 4.97. The molecule has 1 aliphatic heterocycles. The van der Waals surface area contributed by atoms with Crippen LogP contribution in [0.3, 0.4) is 0 Å². The Morgan fingerprint density at radius 2 is 2.30 bits per heavy atom. The first-order valence-corrected chi connectivity index (χ1v) is 8.75. The Hall–Kier alpha value is -1.28. The minimum atomic E-state index is 0.336. The molecule has 23 heavy (non-hydrogen) atoms. The molecule has 2 aromatic heterocycles. The molecule has 3 heterocycles. The molecule has 7 heteroatoms. The maximum atomic E-state index is 5.95. The standard InChI is InChI=1S/C16H24N4O2S/c1-12-18-14(10-23-12)9-22-8-13-6-20(4-5-21-3)7-15-16(13)19(2)11-17-15/h10-11,13H,4-9H2,1-3H3. The number of thiazole rings is 1. The summed E-state index contributed by atoms with van der Waals surface area (Å²) < 4.78 is 13.3. The van der Waals surface area contributed by atoms with Gasteiger partial charge in [0.2, 0.25) is 0 Å². The SMILES string of the molecule is COCCN1Cc2ncn(C)c2C(COCc2csc(C)n2)C1. The maximum absolute atomic E-state index is 5.95. The Balaban J connectivity index is 1.62. The Morgan fingerprint density at radius 1 is 1.43 bits per heavy atom. The Labute approximate surface area is 141 Å². The average Bonchev–Trinajstić information content (AvgIpc) is 3.11. The van der Waals surface area contributed by atoms with E-state index in [1.807, 2.05) is 13.3 Å². The van der Waals surface area contributed by atoms with Gasteiger partial charge in [-0.15, -0.1) is 11.3 Å². The van der Waals surface area contributed by atoms with Gasteiger partial charge in [0.05, 0.1) is 42.5 Å². The zero-order valence-electron chi connectivity index (χ0n) is 14.0. The lowest BCUT2D eigenvalue weighted by Gasteiger charge is -2.32. The van der Waals surface area contributed by atoms with Gasteiger partial charge in [0.15, 0.2) is 0 Å². The fourth-order valence-electron chi connectivity index (χ4n) is 3.11. The van der Waals surface area contributed by atoms with Crippen molar-refractivity contribution >= 4 is 11.3 Å². The van der Waals surface area contributed by atoms with Gasteiger partial charge in [0.1, 0.15) is 0 Å². The number of ether oxygens (including phenoxy) is 2. The van der Waals surface area contributed by atoms with Crippen LogP contribution in [0.15, 0.2) is 11.7 Å². The average molecular weight is 336 g/mol. The lowest BCUT2D eigenvalue weighted by Crippen LogP contribution is -2.38. The van der Waals surface area contributed by atoms with Crippen LogP contribution in [0, 0.1) is 6.92 Å². The highest BCUT2D eigenvalue weighted by Gasteiger charge is 2.28. The van der Waals surface area contributed by atoms with E-state index in [1.54, 1.807) is 18.4 Å². The first-order valence-electron chi connectivity index (χ1n) is 7.87. The van der Waals surface area contributed by atoms with Crippen molar-refractivity contribution < 1.29 is 9.47 Å². The topological polar surface area (TPSA) is 52.4 Å². The van der Waals surface area contributed by atoms with E-state index < -0.39 is 0 Å². The molecule has 0 saturated heterocycles. The number of nitrogens with zero attached hydrogens (tertiary/aromatic N) is 4.